The summed E-state index contributed by atoms with van der Waals surface area (Å²) in [5.74, 6) is 0.492. The summed E-state index contributed by atoms with van der Waals surface area (Å²) in [5, 5.41) is 15.5. The quantitative estimate of drug-likeness (QED) is 0.423. The van der Waals surface area contributed by atoms with Gasteiger partial charge in [0.25, 0.3) is 5.91 Å². The lowest BCUT2D eigenvalue weighted by molar-refractivity contribution is -0.115. The van der Waals surface area contributed by atoms with Crippen molar-refractivity contribution in [1.82, 2.24) is 10.3 Å². The summed E-state index contributed by atoms with van der Waals surface area (Å²) >= 11 is 1.56. The van der Waals surface area contributed by atoms with Gasteiger partial charge in [-0.3, -0.25) is 4.79 Å². The Kier molecular flexibility index (Phi) is 8.36. The molecule has 2 aromatic heterocycles. The Morgan fingerprint density at radius 3 is 2.62 bits per heavy atom. The van der Waals surface area contributed by atoms with Crippen molar-refractivity contribution in [2.75, 3.05) is 6.54 Å². The highest BCUT2D eigenvalue weighted by molar-refractivity contribution is 7.11. The Morgan fingerprint density at radius 2 is 1.97 bits per heavy atom. The summed E-state index contributed by atoms with van der Waals surface area (Å²) in [6.45, 7) is 4.64. The zero-order valence-electron chi connectivity index (χ0n) is 18.2. The molecule has 0 fully saturated rings. The van der Waals surface area contributed by atoms with Gasteiger partial charge in [0, 0.05) is 17.0 Å². The van der Waals surface area contributed by atoms with E-state index in [0.717, 1.165) is 26.7 Å². The van der Waals surface area contributed by atoms with Crippen LogP contribution in [0.3, 0.4) is 0 Å². The molecular weight excluding hydrogens is 418 g/mol. The standard InChI is InChI=1S/C26H25N3O2S/c1-3-19-8-11-21(29-25(19)4-2)18-31-22-12-9-20(10-13-22)24(17-23-7-5-16-32-23)26(30)28-15-6-14-27/h3-5,7-13,16-17H,6,15,18H2,1-2H3,(H,28,30)/b19-3-,24-17+,25-4+. The van der Waals surface area contributed by atoms with Crippen LogP contribution in [0.1, 0.15) is 36.4 Å². The highest BCUT2D eigenvalue weighted by atomic mass is 32.1. The first-order valence-corrected chi connectivity index (χ1v) is 11.2. The number of nitrogens with one attached hydrogen (secondary N) is 1. The summed E-state index contributed by atoms with van der Waals surface area (Å²) in [5.41, 5.74) is 2.18. The molecule has 3 rings (SSSR count). The number of carbonyl (C=O) groups excluding carboxylic acids is 1. The van der Waals surface area contributed by atoms with Crippen LogP contribution < -0.4 is 20.6 Å². The molecule has 0 aliphatic carbocycles. The fraction of sp³-hybridized carbons (Fsp3) is 0.192. The van der Waals surface area contributed by atoms with E-state index in [0.29, 0.717) is 24.5 Å². The monoisotopic (exact) mass is 443 g/mol. The van der Waals surface area contributed by atoms with Gasteiger partial charge in [0.1, 0.15) is 12.4 Å². The fourth-order valence-electron chi connectivity index (χ4n) is 3.09. The van der Waals surface area contributed by atoms with E-state index in [1.165, 1.54) is 0 Å². The molecule has 5 nitrogen and oxygen atoms in total. The number of ether oxygens (including phenoxy) is 1. The summed E-state index contributed by atoms with van der Waals surface area (Å²) in [4.78, 5) is 18.3. The summed E-state index contributed by atoms with van der Waals surface area (Å²) in [7, 11) is 0. The molecule has 0 unspecified atom stereocenters. The molecule has 1 N–H and O–H groups in total. The van der Waals surface area contributed by atoms with Gasteiger partial charge in [0.15, 0.2) is 0 Å². The molecule has 0 atom stereocenters. The Hall–Kier alpha value is -3.69. The third-order valence-electron chi connectivity index (χ3n) is 4.75. The van der Waals surface area contributed by atoms with E-state index >= 15 is 0 Å². The topological polar surface area (TPSA) is 75.0 Å². The molecule has 0 bridgehead atoms. The van der Waals surface area contributed by atoms with Crippen LogP contribution in [0.25, 0.3) is 23.8 Å². The highest BCUT2D eigenvalue weighted by Crippen LogP contribution is 2.24. The second-order valence-electron chi connectivity index (χ2n) is 6.90. The number of rotatable bonds is 8. The van der Waals surface area contributed by atoms with E-state index in [1.807, 2.05) is 92.1 Å². The maximum absolute atomic E-state index is 12.7. The van der Waals surface area contributed by atoms with E-state index in [4.69, 9.17) is 10.00 Å². The normalized spacial score (nSPS) is 12.5. The number of hydrogen-bond acceptors (Lipinski definition) is 5. The maximum atomic E-state index is 12.7. The average molecular weight is 444 g/mol. The lowest BCUT2D eigenvalue weighted by atomic mass is 10.0. The summed E-state index contributed by atoms with van der Waals surface area (Å²) in [6, 6.07) is 17.4. The lowest BCUT2D eigenvalue weighted by Crippen LogP contribution is -2.28. The molecule has 0 saturated carbocycles. The molecule has 0 aliphatic heterocycles. The molecule has 0 saturated heterocycles. The molecule has 3 aromatic rings. The Balaban J connectivity index is 1.75. The van der Waals surface area contributed by atoms with Crippen molar-refractivity contribution in [3.05, 3.63) is 80.6 Å². The van der Waals surface area contributed by atoms with Crippen LogP contribution in [-0.4, -0.2) is 17.4 Å². The predicted octanol–water partition coefficient (Wildman–Crippen LogP) is 3.89. The second kappa shape index (κ2) is 11.6. The Bertz CT molecular complexity index is 1240. The molecule has 32 heavy (non-hydrogen) atoms. The van der Waals surface area contributed by atoms with Gasteiger partial charge in [-0.25, -0.2) is 4.98 Å². The first-order chi connectivity index (χ1) is 15.6. The van der Waals surface area contributed by atoms with E-state index in [-0.39, 0.29) is 12.3 Å². The SMILES string of the molecule is C/C=c1/ccc(COc2ccc(/C(=C\c3cccs3)C(=O)NCCC#N)cc2)n/c1=C/C. The van der Waals surface area contributed by atoms with Crippen molar-refractivity contribution in [3.63, 3.8) is 0 Å². The number of aromatic nitrogens is 1. The molecule has 1 amide bonds. The van der Waals surface area contributed by atoms with Gasteiger partial charge >= 0.3 is 0 Å². The largest absolute Gasteiger partial charge is 0.487 e. The van der Waals surface area contributed by atoms with Crippen LogP contribution in [0.5, 0.6) is 5.75 Å². The zero-order chi connectivity index (χ0) is 22.8. The minimum Gasteiger partial charge on any atom is -0.487 e. The third-order valence-corrected chi connectivity index (χ3v) is 5.57. The number of hydrogen-bond donors (Lipinski definition) is 1. The number of nitrogens with zero attached hydrogens (tertiary/aromatic N) is 2. The van der Waals surface area contributed by atoms with E-state index in [1.54, 1.807) is 11.3 Å². The van der Waals surface area contributed by atoms with Crippen molar-refractivity contribution in [3.8, 4) is 11.8 Å². The van der Waals surface area contributed by atoms with Crippen LogP contribution in [0.15, 0.2) is 53.9 Å². The fourth-order valence-corrected chi connectivity index (χ4v) is 3.75. The molecule has 0 aliphatic rings. The van der Waals surface area contributed by atoms with Gasteiger partial charge in [0.05, 0.1) is 23.5 Å². The van der Waals surface area contributed by atoms with Gasteiger partial charge in [-0.2, -0.15) is 5.26 Å². The smallest absolute Gasteiger partial charge is 0.251 e. The van der Waals surface area contributed by atoms with Gasteiger partial charge in [-0.15, -0.1) is 11.3 Å². The minimum atomic E-state index is -0.206. The molecular formula is C26H25N3O2S. The molecule has 2 heterocycles. The second-order valence-corrected chi connectivity index (χ2v) is 7.88. The van der Waals surface area contributed by atoms with Crippen LogP contribution in [0, 0.1) is 11.3 Å². The number of benzene rings is 1. The maximum Gasteiger partial charge on any atom is 0.251 e. The number of pyridine rings is 1. The van der Waals surface area contributed by atoms with Crippen molar-refractivity contribution < 1.29 is 9.53 Å². The number of amides is 1. The zero-order valence-corrected chi connectivity index (χ0v) is 19.0. The first kappa shape index (κ1) is 23.0. The molecule has 0 radical (unpaired) electrons. The predicted molar refractivity (Wildman–Crippen MR) is 130 cm³/mol. The average Bonchev–Trinajstić information content (AvgIpc) is 3.35. The van der Waals surface area contributed by atoms with Crippen LogP contribution in [0.4, 0.5) is 0 Å². The molecule has 1 aromatic carbocycles. The van der Waals surface area contributed by atoms with Crippen molar-refractivity contribution >= 4 is 41.0 Å². The number of nitriles is 1. The Labute approximate surface area is 192 Å². The van der Waals surface area contributed by atoms with Crippen LogP contribution in [-0.2, 0) is 11.4 Å². The molecule has 0 spiro atoms. The Morgan fingerprint density at radius 1 is 1.16 bits per heavy atom. The van der Waals surface area contributed by atoms with Crippen LogP contribution in [0.2, 0.25) is 0 Å². The van der Waals surface area contributed by atoms with Crippen molar-refractivity contribution in [2.24, 2.45) is 0 Å². The molecule has 162 valence electrons. The van der Waals surface area contributed by atoms with Crippen molar-refractivity contribution in [1.29, 1.82) is 5.26 Å². The minimum absolute atomic E-state index is 0.206. The third kappa shape index (κ3) is 6.16. The van der Waals surface area contributed by atoms with Gasteiger partial charge in [0.2, 0.25) is 0 Å². The lowest BCUT2D eigenvalue weighted by Gasteiger charge is -2.10. The summed E-state index contributed by atoms with van der Waals surface area (Å²) < 4.78 is 5.91. The van der Waals surface area contributed by atoms with Crippen molar-refractivity contribution in [2.45, 2.75) is 26.9 Å². The first-order valence-electron chi connectivity index (χ1n) is 10.4. The van der Waals surface area contributed by atoms with Crippen LogP contribution >= 0.6 is 11.3 Å². The molecule has 6 heteroatoms. The number of carbonyl (C=O) groups is 1. The van der Waals surface area contributed by atoms with E-state index in [2.05, 4.69) is 10.3 Å². The summed E-state index contributed by atoms with van der Waals surface area (Å²) in [6.07, 6.45) is 6.15. The van der Waals surface area contributed by atoms with Gasteiger partial charge in [-0.1, -0.05) is 36.4 Å². The van der Waals surface area contributed by atoms with Gasteiger partial charge in [-0.05, 0) is 60.4 Å². The van der Waals surface area contributed by atoms with E-state index in [9.17, 15) is 4.79 Å². The number of thiophene rings is 1. The highest BCUT2D eigenvalue weighted by Gasteiger charge is 2.12. The van der Waals surface area contributed by atoms with E-state index < -0.39 is 0 Å². The van der Waals surface area contributed by atoms with Gasteiger partial charge < -0.3 is 10.1 Å².